The molecule has 5 aromatic carbocycles. The van der Waals surface area contributed by atoms with Crippen LogP contribution in [0.15, 0.2) is 127 Å². The van der Waals surface area contributed by atoms with Gasteiger partial charge in [0, 0.05) is 46.0 Å². The zero-order valence-corrected chi connectivity index (χ0v) is 23.3. The quantitative estimate of drug-likeness (QED) is 0.184. The molecule has 2 aromatic heterocycles. The van der Waals surface area contributed by atoms with Crippen LogP contribution in [0, 0.1) is 3.57 Å². The smallest absolute Gasteiger partial charge is 0.160 e. The van der Waals surface area contributed by atoms with Crippen LogP contribution in [0.4, 0.5) is 0 Å². The van der Waals surface area contributed by atoms with Crippen LogP contribution in [0.1, 0.15) is 0 Å². The largest absolute Gasteiger partial charge is 0.228 e. The molecule has 0 bridgehead atoms. The van der Waals surface area contributed by atoms with Gasteiger partial charge in [-0.15, -0.1) is 11.3 Å². The Labute approximate surface area is 238 Å². The van der Waals surface area contributed by atoms with Crippen molar-refractivity contribution in [2.75, 3.05) is 0 Å². The summed E-state index contributed by atoms with van der Waals surface area (Å²) in [6.07, 6.45) is 0. The molecule has 38 heavy (non-hydrogen) atoms. The van der Waals surface area contributed by atoms with Crippen molar-refractivity contribution in [3.05, 3.63) is 131 Å². The predicted octanol–water partition coefficient (Wildman–Crippen LogP) is 10.1. The molecule has 7 aromatic rings. The number of aromatic nitrogens is 2. The van der Waals surface area contributed by atoms with Gasteiger partial charge in [0.05, 0.1) is 11.4 Å². The van der Waals surface area contributed by atoms with Gasteiger partial charge >= 0.3 is 0 Å². The molecular weight excluding hydrogens is 595 g/mol. The Hall–Kier alpha value is -3.87. The second-order valence-corrected chi connectivity index (χ2v) is 11.4. The van der Waals surface area contributed by atoms with Crippen molar-refractivity contribution in [2.45, 2.75) is 0 Å². The van der Waals surface area contributed by atoms with E-state index in [1.165, 1.54) is 34.9 Å². The van der Waals surface area contributed by atoms with Crippen molar-refractivity contribution in [3.8, 4) is 45.0 Å². The first-order valence-electron chi connectivity index (χ1n) is 12.5. The molecule has 0 saturated heterocycles. The monoisotopic (exact) mass is 616 g/mol. The lowest BCUT2D eigenvalue weighted by atomic mass is 9.95. The minimum absolute atomic E-state index is 0.728. The summed E-state index contributed by atoms with van der Waals surface area (Å²) in [5.41, 5.74) is 7.43. The van der Waals surface area contributed by atoms with Gasteiger partial charge in [-0.3, -0.25) is 0 Å². The van der Waals surface area contributed by atoms with Crippen molar-refractivity contribution >= 4 is 54.1 Å². The van der Waals surface area contributed by atoms with E-state index >= 15 is 0 Å². The first-order valence-corrected chi connectivity index (χ1v) is 14.4. The van der Waals surface area contributed by atoms with E-state index in [1.807, 2.05) is 35.6 Å². The SMILES string of the molecule is Ic1ccc(-c2ccccc2-c2cc(-c3ccccc3)nc(-c3ccccc3)n2)c2sc3ccccc3c12. The molecule has 0 atom stereocenters. The van der Waals surface area contributed by atoms with Crippen LogP contribution in [0.25, 0.3) is 65.2 Å². The summed E-state index contributed by atoms with van der Waals surface area (Å²) >= 11 is 4.33. The summed E-state index contributed by atoms with van der Waals surface area (Å²) in [7, 11) is 0. The van der Waals surface area contributed by atoms with E-state index in [9.17, 15) is 0 Å². The summed E-state index contributed by atoms with van der Waals surface area (Å²) in [5, 5.41) is 2.65. The van der Waals surface area contributed by atoms with Crippen LogP contribution in [0.5, 0.6) is 0 Å². The van der Waals surface area contributed by atoms with E-state index in [0.29, 0.717) is 0 Å². The van der Waals surface area contributed by atoms with Gasteiger partial charge in [0.25, 0.3) is 0 Å². The van der Waals surface area contributed by atoms with Gasteiger partial charge in [-0.2, -0.15) is 0 Å². The Bertz CT molecular complexity index is 1870. The molecule has 180 valence electrons. The van der Waals surface area contributed by atoms with Crippen molar-refractivity contribution in [1.29, 1.82) is 0 Å². The van der Waals surface area contributed by atoms with E-state index in [0.717, 1.165) is 33.9 Å². The van der Waals surface area contributed by atoms with Gasteiger partial charge in [0.2, 0.25) is 0 Å². The van der Waals surface area contributed by atoms with Crippen LogP contribution in [0.2, 0.25) is 0 Å². The molecule has 4 heteroatoms. The summed E-state index contributed by atoms with van der Waals surface area (Å²) in [6.45, 7) is 0. The van der Waals surface area contributed by atoms with Crippen molar-refractivity contribution in [1.82, 2.24) is 9.97 Å². The number of thiophene rings is 1. The van der Waals surface area contributed by atoms with Crippen LogP contribution in [0.3, 0.4) is 0 Å². The first kappa shape index (κ1) is 23.3. The fourth-order valence-corrected chi connectivity index (χ4v) is 7.18. The molecule has 0 amide bonds. The second kappa shape index (κ2) is 9.78. The Balaban J connectivity index is 1.49. The van der Waals surface area contributed by atoms with E-state index in [1.54, 1.807) is 0 Å². The number of fused-ring (bicyclic) bond motifs is 3. The molecule has 7 rings (SSSR count). The van der Waals surface area contributed by atoms with Crippen molar-refractivity contribution < 1.29 is 0 Å². The van der Waals surface area contributed by atoms with E-state index < -0.39 is 0 Å². The highest BCUT2D eigenvalue weighted by atomic mass is 127. The van der Waals surface area contributed by atoms with Crippen LogP contribution in [-0.4, -0.2) is 9.97 Å². The third-order valence-electron chi connectivity index (χ3n) is 6.80. The second-order valence-electron chi connectivity index (χ2n) is 9.14. The third-order valence-corrected chi connectivity index (χ3v) is 8.90. The van der Waals surface area contributed by atoms with Gasteiger partial charge in [0.1, 0.15) is 0 Å². The van der Waals surface area contributed by atoms with Crippen molar-refractivity contribution in [2.24, 2.45) is 0 Å². The summed E-state index contributed by atoms with van der Waals surface area (Å²) in [4.78, 5) is 10.1. The molecule has 0 N–H and O–H groups in total. The molecule has 0 saturated carbocycles. The number of halogens is 1. The molecule has 0 radical (unpaired) electrons. The number of hydrogen-bond acceptors (Lipinski definition) is 3. The summed E-state index contributed by atoms with van der Waals surface area (Å²) < 4.78 is 3.90. The van der Waals surface area contributed by atoms with E-state index in [2.05, 4.69) is 126 Å². The van der Waals surface area contributed by atoms with Gasteiger partial charge in [-0.25, -0.2) is 9.97 Å². The van der Waals surface area contributed by atoms with Crippen molar-refractivity contribution in [3.63, 3.8) is 0 Å². The zero-order valence-electron chi connectivity index (χ0n) is 20.3. The lowest BCUT2D eigenvalue weighted by Crippen LogP contribution is -1.97. The number of hydrogen-bond donors (Lipinski definition) is 0. The van der Waals surface area contributed by atoms with Crippen LogP contribution < -0.4 is 0 Å². The molecule has 0 spiro atoms. The van der Waals surface area contributed by atoms with Crippen LogP contribution in [-0.2, 0) is 0 Å². The Kier molecular flexibility index (Phi) is 5.99. The highest BCUT2D eigenvalue weighted by molar-refractivity contribution is 14.1. The van der Waals surface area contributed by atoms with Crippen LogP contribution >= 0.6 is 33.9 Å². The normalized spacial score (nSPS) is 11.3. The minimum Gasteiger partial charge on any atom is -0.228 e. The summed E-state index contributed by atoms with van der Waals surface area (Å²) in [5.74, 6) is 0.728. The number of benzene rings is 5. The third kappa shape index (κ3) is 4.10. The Morgan fingerprint density at radius 3 is 1.95 bits per heavy atom. The summed E-state index contributed by atoms with van der Waals surface area (Å²) in [6, 6.07) is 44.5. The number of rotatable bonds is 4. The highest BCUT2D eigenvalue weighted by Gasteiger charge is 2.18. The van der Waals surface area contributed by atoms with Gasteiger partial charge < -0.3 is 0 Å². The average Bonchev–Trinajstić information content (AvgIpc) is 3.39. The maximum atomic E-state index is 5.12. The molecular formula is C34H21IN2S. The molecule has 0 aliphatic rings. The standard InChI is InChI=1S/C34H21IN2S/c35-28-20-19-26(33-32(28)27-17-9-10-18-31(27)38-33)24-15-7-8-16-25(24)30-21-29(22-11-3-1-4-12-22)36-34(37-30)23-13-5-2-6-14-23/h1-21H. The predicted molar refractivity (Wildman–Crippen MR) is 169 cm³/mol. The lowest BCUT2D eigenvalue weighted by Gasteiger charge is -2.14. The lowest BCUT2D eigenvalue weighted by molar-refractivity contribution is 1.18. The molecule has 0 aliphatic heterocycles. The maximum Gasteiger partial charge on any atom is 0.160 e. The van der Waals surface area contributed by atoms with Gasteiger partial charge in [-0.1, -0.05) is 109 Å². The molecule has 0 unspecified atom stereocenters. The average molecular weight is 617 g/mol. The molecule has 2 heterocycles. The first-order chi connectivity index (χ1) is 18.8. The maximum absolute atomic E-state index is 5.12. The Morgan fingerprint density at radius 2 is 1.16 bits per heavy atom. The zero-order chi connectivity index (χ0) is 25.5. The molecule has 2 nitrogen and oxygen atoms in total. The highest BCUT2D eigenvalue weighted by Crippen LogP contribution is 2.44. The van der Waals surface area contributed by atoms with E-state index in [4.69, 9.17) is 9.97 Å². The fourth-order valence-electron chi connectivity index (χ4n) is 5.00. The topological polar surface area (TPSA) is 25.8 Å². The molecule has 0 aliphatic carbocycles. The number of nitrogens with zero attached hydrogens (tertiary/aromatic N) is 2. The fraction of sp³-hybridized carbons (Fsp3) is 0. The minimum atomic E-state index is 0.728. The van der Waals surface area contributed by atoms with E-state index in [-0.39, 0.29) is 0 Å². The molecule has 0 fully saturated rings. The van der Waals surface area contributed by atoms with Gasteiger partial charge in [-0.05, 0) is 46.4 Å². The van der Waals surface area contributed by atoms with Gasteiger partial charge in [0.15, 0.2) is 5.82 Å². The Morgan fingerprint density at radius 1 is 0.526 bits per heavy atom.